The lowest BCUT2D eigenvalue weighted by Crippen LogP contribution is -2.26. The van der Waals surface area contributed by atoms with Gasteiger partial charge in [-0.3, -0.25) is 14.6 Å². The predicted molar refractivity (Wildman–Crippen MR) is 116 cm³/mol. The van der Waals surface area contributed by atoms with Crippen LogP contribution in [0, 0.1) is 13.8 Å². The molecule has 0 saturated heterocycles. The minimum atomic E-state index is -1.01. The molecule has 2 aromatic heterocycles. The first-order valence-corrected chi connectivity index (χ1v) is 10.7. The summed E-state index contributed by atoms with van der Waals surface area (Å²) in [6, 6.07) is 7.44. The van der Waals surface area contributed by atoms with E-state index in [2.05, 4.69) is 15.0 Å². The number of benzene rings is 1. The number of nitrogens with one attached hydrogen (secondary N) is 1. The summed E-state index contributed by atoms with van der Waals surface area (Å²) in [5.74, 6) is -1.47. The molecular formula is C22H23N3O5S. The molecule has 0 radical (unpaired) electrons. The molecule has 0 saturated carbocycles. The van der Waals surface area contributed by atoms with Gasteiger partial charge in [-0.05, 0) is 45.4 Å². The van der Waals surface area contributed by atoms with Crippen molar-refractivity contribution in [1.29, 1.82) is 0 Å². The Morgan fingerprint density at radius 1 is 1.16 bits per heavy atom. The van der Waals surface area contributed by atoms with Crippen molar-refractivity contribution in [1.82, 2.24) is 15.0 Å². The molecule has 9 heteroatoms. The number of rotatable bonds is 8. The van der Waals surface area contributed by atoms with E-state index in [9.17, 15) is 14.4 Å². The first-order valence-electron chi connectivity index (χ1n) is 9.76. The maximum absolute atomic E-state index is 12.8. The Labute approximate surface area is 183 Å². The Bertz CT molecular complexity index is 1140. The SMILES string of the molecule is CCOC(=O)c1c(C)[nH]c(C(=O)C(C)OC(=O)CSc2cnc3ccccc3n2)c1C. The first kappa shape index (κ1) is 22.5. The quantitative estimate of drug-likeness (QED) is 0.320. The van der Waals surface area contributed by atoms with Crippen LogP contribution in [-0.2, 0) is 14.3 Å². The third-order valence-corrected chi connectivity index (χ3v) is 5.48. The molecule has 1 N–H and O–H groups in total. The van der Waals surface area contributed by atoms with Crippen molar-refractivity contribution in [2.45, 2.75) is 38.8 Å². The van der Waals surface area contributed by atoms with Crippen LogP contribution in [0.2, 0.25) is 0 Å². The van der Waals surface area contributed by atoms with E-state index in [1.807, 2.05) is 24.3 Å². The smallest absolute Gasteiger partial charge is 0.340 e. The molecule has 0 aliphatic heterocycles. The summed E-state index contributed by atoms with van der Waals surface area (Å²) < 4.78 is 10.3. The Morgan fingerprint density at radius 3 is 2.58 bits per heavy atom. The Morgan fingerprint density at radius 2 is 1.87 bits per heavy atom. The van der Waals surface area contributed by atoms with Gasteiger partial charge in [0.1, 0.15) is 5.03 Å². The van der Waals surface area contributed by atoms with E-state index < -0.39 is 23.8 Å². The number of Topliss-reactive ketones (excluding diaryl/α,β-unsaturated/α-hetero) is 1. The fourth-order valence-electron chi connectivity index (χ4n) is 3.14. The normalized spacial score (nSPS) is 11.9. The summed E-state index contributed by atoms with van der Waals surface area (Å²) in [6.45, 7) is 6.80. The van der Waals surface area contributed by atoms with Crippen LogP contribution in [0.15, 0.2) is 35.5 Å². The van der Waals surface area contributed by atoms with Crippen LogP contribution in [0.1, 0.15) is 46.0 Å². The number of hydrogen-bond donors (Lipinski definition) is 1. The number of ether oxygens (including phenoxy) is 2. The molecule has 8 nitrogen and oxygen atoms in total. The maximum Gasteiger partial charge on any atom is 0.340 e. The standard InChI is InChI=1S/C22H23N3O5S/c1-5-29-22(28)19-12(2)20(24-13(19)3)21(27)14(4)30-18(26)11-31-17-10-23-15-8-6-7-9-16(15)25-17/h6-10,14,24H,5,11H2,1-4H3. The van der Waals surface area contributed by atoms with Crippen LogP contribution in [-0.4, -0.2) is 51.1 Å². The molecule has 2 heterocycles. The number of ketones is 1. The van der Waals surface area contributed by atoms with Gasteiger partial charge in [-0.25, -0.2) is 9.78 Å². The van der Waals surface area contributed by atoms with Crippen molar-refractivity contribution >= 4 is 40.5 Å². The monoisotopic (exact) mass is 441 g/mol. The number of hydrogen-bond acceptors (Lipinski definition) is 8. The van der Waals surface area contributed by atoms with Gasteiger partial charge in [0.25, 0.3) is 0 Å². The average molecular weight is 442 g/mol. The highest BCUT2D eigenvalue weighted by Crippen LogP contribution is 2.22. The fraction of sp³-hybridized carbons (Fsp3) is 0.318. The summed E-state index contributed by atoms with van der Waals surface area (Å²) in [5.41, 5.74) is 3.07. The minimum absolute atomic E-state index is 0.0124. The van der Waals surface area contributed by atoms with Crippen LogP contribution >= 0.6 is 11.8 Å². The molecule has 0 aliphatic carbocycles. The van der Waals surface area contributed by atoms with E-state index in [1.165, 1.54) is 18.7 Å². The highest BCUT2D eigenvalue weighted by Gasteiger charge is 2.27. The molecule has 0 spiro atoms. The minimum Gasteiger partial charge on any atom is -0.462 e. The molecule has 0 fully saturated rings. The van der Waals surface area contributed by atoms with Crippen LogP contribution in [0.5, 0.6) is 0 Å². The number of carbonyl (C=O) groups excluding carboxylic acids is 3. The molecule has 31 heavy (non-hydrogen) atoms. The summed E-state index contributed by atoms with van der Waals surface area (Å²) in [6.07, 6.45) is 0.583. The van der Waals surface area contributed by atoms with Crippen LogP contribution in [0.3, 0.4) is 0 Å². The van der Waals surface area contributed by atoms with E-state index in [0.29, 0.717) is 21.8 Å². The molecule has 162 valence electrons. The number of aromatic amines is 1. The molecule has 1 unspecified atom stereocenters. The van der Waals surface area contributed by atoms with Gasteiger partial charge in [0, 0.05) is 5.69 Å². The number of carbonyl (C=O) groups is 3. The molecule has 0 amide bonds. The van der Waals surface area contributed by atoms with E-state index >= 15 is 0 Å². The number of thioether (sulfide) groups is 1. The Balaban J connectivity index is 1.62. The van der Waals surface area contributed by atoms with E-state index in [1.54, 1.807) is 27.0 Å². The number of fused-ring (bicyclic) bond motifs is 1. The van der Waals surface area contributed by atoms with Gasteiger partial charge in [-0.15, -0.1) is 0 Å². The van der Waals surface area contributed by atoms with Crippen LogP contribution in [0.4, 0.5) is 0 Å². The van der Waals surface area contributed by atoms with Crippen molar-refractivity contribution < 1.29 is 23.9 Å². The average Bonchev–Trinajstić information content (AvgIpc) is 3.05. The second-order valence-electron chi connectivity index (χ2n) is 6.83. The number of nitrogens with zero attached hydrogens (tertiary/aromatic N) is 2. The topological polar surface area (TPSA) is 111 Å². The van der Waals surface area contributed by atoms with E-state index in [0.717, 1.165) is 11.0 Å². The molecule has 0 aliphatic rings. The Kier molecular flexibility index (Phi) is 7.06. The van der Waals surface area contributed by atoms with Gasteiger partial charge >= 0.3 is 11.9 Å². The number of aromatic nitrogens is 3. The van der Waals surface area contributed by atoms with Crippen LogP contribution in [0.25, 0.3) is 11.0 Å². The molecule has 1 atom stereocenters. The molecule has 1 aromatic carbocycles. The van der Waals surface area contributed by atoms with Crippen molar-refractivity contribution in [3.63, 3.8) is 0 Å². The third-order valence-electron chi connectivity index (χ3n) is 4.61. The Hall–Kier alpha value is -3.20. The zero-order chi connectivity index (χ0) is 22.5. The van der Waals surface area contributed by atoms with Crippen molar-refractivity contribution in [2.24, 2.45) is 0 Å². The summed E-state index contributed by atoms with van der Waals surface area (Å²) in [7, 11) is 0. The molecular weight excluding hydrogens is 418 g/mol. The zero-order valence-electron chi connectivity index (χ0n) is 17.7. The summed E-state index contributed by atoms with van der Waals surface area (Å²) in [5, 5.41) is 0.588. The lowest BCUT2D eigenvalue weighted by Gasteiger charge is -2.12. The summed E-state index contributed by atoms with van der Waals surface area (Å²) in [4.78, 5) is 48.8. The maximum atomic E-state index is 12.8. The second-order valence-corrected chi connectivity index (χ2v) is 7.82. The van der Waals surface area contributed by atoms with Gasteiger partial charge in [0.2, 0.25) is 5.78 Å². The van der Waals surface area contributed by atoms with Gasteiger partial charge in [0.05, 0.1) is 40.8 Å². The predicted octanol–water partition coefficient (Wildman–Crippen LogP) is 3.66. The molecule has 0 bridgehead atoms. The second kappa shape index (κ2) is 9.74. The van der Waals surface area contributed by atoms with Crippen molar-refractivity contribution in [3.05, 3.63) is 53.0 Å². The number of para-hydroxylation sites is 2. The largest absolute Gasteiger partial charge is 0.462 e. The van der Waals surface area contributed by atoms with Gasteiger partial charge in [0.15, 0.2) is 6.10 Å². The highest BCUT2D eigenvalue weighted by molar-refractivity contribution is 7.99. The van der Waals surface area contributed by atoms with Crippen molar-refractivity contribution in [2.75, 3.05) is 12.4 Å². The fourth-order valence-corrected chi connectivity index (χ4v) is 3.76. The van der Waals surface area contributed by atoms with Gasteiger partial charge < -0.3 is 14.5 Å². The molecule has 3 rings (SSSR count). The highest BCUT2D eigenvalue weighted by atomic mass is 32.2. The lowest BCUT2D eigenvalue weighted by molar-refractivity contribution is -0.143. The number of esters is 2. The van der Waals surface area contributed by atoms with Gasteiger partial charge in [-0.1, -0.05) is 23.9 Å². The van der Waals surface area contributed by atoms with E-state index in [-0.39, 0.29) is 18.1 Å². The number of aryl methyl sites for hydroxylation is 1. The lowest BCUT2D eigenvalue weighted by atomic mass is 10.1. The van der Waals surface area contributed by atoms with Crippen LogP contribution < -0.4 is 0 Å². The zero-order valence-corrected chi connectivity index (χ0v) is 18.5. The third kappa shape index (κ3) is 5.11. The summed E-state index contributed by atoms with van der Waals surface area (Å²) >= 11 is 1.18. The van der Waals surface area contributed by atoms with Crippen molar-refractivity contribution in [3.8, 4) is 0 Å². The molecule has 3 aromatic rings. The first-order chi connectivity index (χ1) is 14.8. The van der Waals surface area contributed by atoms with Gasteiger partial charge in [-0.2, -0.15) is 0 Å². The number of H-pyrrole nitrogens is 1. The van der Waals surface area contributed by atoms with E-state index in [4.69, 9.17) is 9.47 Å².